The van der Waals surface area contributed by atoms with Crippen LogP contribution in [0.15, 0.2) is 65.3 Å². The van der Waals surface area contributed by atoms with E-state index >= 15 is 0 Å². The average molecular weight is 399 g/mol. The van der Waals surface area contributed by atoms with E-state index in [0.717, 1.165) is 42.9 Å². The molecule has 130 valence electrons. The lowest BCUT2D eigenvalue weighted by molar-refractivity contribution is 0.415. The van der Waals surface area contributed by atoms with E-state index in [-0.39, 0.29) is 0 Å². The number of hydrogen-bond acceptors (Lipinski definition) is 5. The van der Waals surface area contributed by atoms with Crippen molar-refractivity contribution in [3.63, 3.8) is 0 Å². The minimum Gasteiger partial charge on any atom is -0.497 e. The minimum atomic E-state index is 0.755. The molecule has 0 aliphatic carbocycles. The Morgan fingerprint density at radius 1 is 1.12 bits per heavy atom. The van der Waals surface area contributed by atoms with Crippen LogP contribution >= 0.6 is 34.7 Å². The molecule has 0 N–H and O–H groups in total. The first-order chi connectivity index (χ1) is 12.7. The van der Waals surface area contributed by atoms with Crippen LogP contribution in [-0.4, -0.2) is 17.1 Å². The maximum Gasteiger partial charge on any atom is 0.128 e. The first-order valence-electron chi connectivity index (χ1n) is 7.98. The highest BCUT2D eigenvalue weighted by molar-refractivity contribution is 7.98. The summed E-state index contributed by atoms with van der Waals surface area (Å²) in [6.45, 7) is 0. The van der Waals surface area contributed by atoms with E-state index in [9.17, 15) is 0 Å². The van der Waals surface area contributed by atoms with Crippen LogP contribution in [0.2, 0.25) is 5.02 Å². The number of hydrogen-bond donors (Lipinski definition) is 0. The van der Waals surface area contributed by atoms with Crippen LogP contribution in [0.4, 0.5) is 0 Å². The molecule has 0 aliphatic heterocycles. The number of thioether (sulfide) groups is 1. The Kier molecular flexibility index (Phi) is 5.11. The van der Waals surface area contributed by atoms with Gasteiger partial charge < -0.3 is 4.74 Å². The van der Waals surface area contributed by atoms with Crippen molar-refractivity contribution in [1.29, 1.82) is 0 Å². The van der Waals surface area contributed by atoms with Gasteiger partial charge in [0, 0.05) is 21.7 Å². The monoisotopic (exact) mass is 398 g/mol. The zero-order valence-corrected chi connectivity index (χ0v) is 16.4. The van der Waals surface area contributed by atoms with Gasteiger partial charge in [-0.05, 0) is 35.4 Å². The van der Waals surface area contributed by atoms with E-state index in [1.807, 2.05) is 30.3 Å². The first kappa shape index (κ1) is 17.3. The fourth-order valence-electron chi connectivity index (χ4n) is 2.72. The highest BCUT2D eigenvalue weighted by atomic mass is 35.5. The summed E-state index contributed by atoms with van der Waals surface area (Å²) in [6.07, 6.45) is 1.64. The molecule has 0 saturated carbocycles. The third-order valence-electron chi connectivity index (χ3n) is 4.00. The van der Waals surface area contributed by atoms with Crippen molar-refractivity contribution < 1.29 is 4.74 Å². The molecule has 2 aromatic carbocycles. The largest absolute Gasteiger partial charge is 0.497 e. The van der Waals surface area contributed by atoms with Crippen molar-refractivity contribution in [1.82, 2.24) is 9.97 Å². The van der Waals surface area contributed by atoms with E-state index in [1.165, 1.54) is 5.56 Å². The Hall–Kier alpha value is -2.08. The van der Waals surface area contributed by atoms with Gasteiger partial charge in [-0.3, -0.25) is 0 Å². The van der Waals surface area contributed by atoms with Crippen LogP contribution in [0.25, 0.3) is 21.3 Å². The predicted octanol–water partition coefficient (Wildman–Crippen LogP) is 6.31. The molecule has 3 nitrogen and oxygen atoms in total. The van der Waals surface area contributed by atoms with Crippen LogP contribution in [0.1, 0.15) is 5.56 Å². The molecule has 2 heterocycles. The second kappa shape index (κ2) is 7.66. The fourth-order valence-corrected chi connectivity index (χ4v) is 4.87. The summed E-state index contributed by atoms with van der Waals surface area (Å²) >= 11 is 9.44. The van der Waals surface area contributed by atoms with Crippen molar-refractivity contribution in [2.24, 2.45) is 0 Å². The van der Waals surface area contributed by atoms with E-state index in [2.05, 4.69) is 33.5 Å². The Labute approximate surface area is 165 Å². The lowest BCUT2D eigenvalue weighted by Gasteiger charge is -2.06. The van der Waals surface area contributed by atoms with Crippen molar-refractivity contribution in [3.8, 4) is 16.9 Å². The summed E-state index contributed by atoms with van der Waals surface area (Å²) in [5.41, 5.74) is 3.47. The van der Waals surface area contributed by atoms with Crippen molar-refractivity contribution in [2.45, 2.75) is 10.8 Å². The Morgan fingerprint density at radius 3 is 2.73 bits per heavy atom. The third-order valence-corrected chi connectivity index (χ3v) is 6.18. The van der Waals surface area contributed by atoms with E-state index in [0.29, 0.717) is 0 Å². The summed E-state index contributed by atoms with van der Waals surface area (Å²) in [6, 6.07) is 16.0. The zero-order valence-electron chi connectivity index (χ0n) is 14.0. The molecule has 0 spiro atoms. The van der Waals surface area contributed by atoms with Gasteiger partial charge in [0.1, 0.15) is 21.9 Å². The van der Waals surface area contributed by atoms with Gasteiger partial charge in [0.2, 0.25) is 0 Å². The third kappa shape index (κ3) is 3.56. The van der Waals surface area contributed by atoms with Gasteiger partial charge in [0.25, 0.3) is 0 Å². The standard InChI is InChI=1S/C20H15ClN2OS2/c1-24-16-7-5-14(6-8-16)17-11-26-20-18(17)19(22-12-23-20)25-10-13-3-2-4-15(21)9-13/h2-9,11-12H,10H2,1H3. The highest BCUT2D eigenvalue weighted by Gasteiger charge is 2.14. The van der Waals surface area contributed by atoms with Crippen LogP contribution in [0.5, 0.6) is 5.75 Å². The molecular formula is C20H15ClN2OS2. The number of nitrogens with zero attached hydrogens (tertiary/aromatic N) is 2. The molecule has 0 amide bonds. The quantitative estimate of drug-likeness (QED) is 0.291. The van der Waals surface area contributed by atoms with Gasteiger partial charge in [0.15, 0.2) is 0 Å². The Bertz CT molecular complexity index is 1050. The molecule has 0 atom stereocenters. The SMILES string of the molecule is COc1ccc(-c2csc3ncnc(SCc4cccc(Cl)c4)c23)cc1. The number of rotatable bonds is 5. The van der Waals surface area contributed by atoms with Gasteiger partial charge in [-0.2, -0.15) is 0 Å². The summed E-state index contributed by atoms with van der Waals surface area (Å²) < 4.78 is 5.26. The molecule has 0 aliphatic rings. The van der Waals surface area contributed by atoms with Crippen molar-refractivity contribution >= 4 is 44.9 Å². The van der Waals surface area contributed by atoms with E-state index in [1.54, 1.807) is 36.5 Å². The molecule has 2 aromatic heterocycles. The predicted molar refractivity (Wildman–Crippen MR) is 110 cm³/mol. The number of thiophene rings is 1. The number of halogens is 1. The molecule has 0 saturated heterocycles. The van der Waals surface area contributed by atoms with Crippen LogP contribution < -0.4 is 4.74 Å². The maximum absolute atomic E-state index is 6.09. The number of methoxy groups -OCH3 is 1. The summed E-state index contributed by atoms with van der Waals surface area (Å²) in [5.74, 6) is 1.66. The Balaban J connectivity index is 1.69. The van der Waals surface area contributed by atoms with Crippen LogP contribution in [-0.2, 0) is 5.75 Å². The lowest BCUT2D eigenvalue weighted by atomic mass is 10.1. The molecule has 4 aromatic rings. The first-order valence-corrected chi connectivity index (χ1v) is 10.2. The molecule has 0 unspecified atom stereocenters. The normalized spacial score (nSPS) is 11.0. The molecule has 0 bridgehead atoms. The van der Waals surface area contributed by atoms with Gasteiger partial charge in [-0.25, -0.2) is 9.97 Å². The van der Waals surface area contributed by atoms with Crippen molar-refractivity contribution in [2.75, 3.05) is 7.11 Å². The van der Waals surface area contributed by atoms with E-state index in [4.69, 9.17) is 16.3 Å². The average Bonchev–Trinajstić information content (AvgIpc) is 3.11. The lowest BCUT2D eigenvalue weighted by Crippen LogP contribution is -1.88. The fraction of sp³-hybridized carbons (Fsp3) is 0.100. The van der Waals surface area contributed by atoms with Gasteiger partial charge in [-0.1, -0.05) is 35.9 Å². The highest BCUT2D eigenvalue weighted by Crippen LogP contribution is 2.39. The second-order valence-electron chi connectivity index (χ2n) is 5.66. The number of fused-ring (bicyclic) bond motifs is 1. The Morgan fingerprint density at radius 2 is 1.96 bits per heavy atom. The molecule has 0 fully saturated rings. The maximum atomic E-state index is 6.09. The number of ether oxygens (including phenoxy) is 1. The molecule has 26 heavy (non-hydrogen) atoms. The number of benzene rings is 2. The molecule has 4 rings (SSSR count). The van der Waals surface area contributed by atoms with Crippen LogP contribution in [0, 0.1) is 0 Å². The van der Waals surface area contributed by atoms with Crippen LogP contribution in [0.3, 0.4) is 0 Å². The zero-order chi connectivity index (χ0) is 17.9. The molecule has 0 radical (unpaired) electrons. The molecule has 6 heteroatoms. The summed E-state index contributed by atoms with van der Waals surface area (Å²) in [5, 5.41) is 4.99. The van der Waals surface area contributed by atoms with Gasteiger partial charge >= 0.3 is 0 Å². The van der Waals surface area contributed by atoms with Crippen molar-refractivity contribution in [3.05, 3.63) is 70.8 Å². The van der Waals surface area contributed by atoms with Gasteiger partial charge in [0.05, 0.1) is 12.5 Å². The molecular weight excluding hydrogens is 384 g/mol. The second-order valence-corrected chi connectivity index (χ2v) is 7.91. The number of aromatic nitrogens is 2. The summed E-state index contributed by atoms with van der Waals surface area (Å²) in [4.78, 5) is 9.98. The van der Waals surface area contributed by atoms with E-state index < -0.39 is 0 Å². The van der Waals surface area contributed by atoms with Gasteiger partial charge in [-0.15, -0.1) is 23.1 Å². The smallest absolute Gasteiger partial charge is 0.128 e. The minimum absolute atomic E-state index is 0.755. The topological polar surface area (TPSA) is 35.0 Å². The summed E-state index contributed by atoms with van der Waals surface area (Å²) in [7, 11) is 1.67.